The predicted octanol–water partition coefficient (Wildman–Crippen LogP) is 4.36. The molecule has 2 amide bonds. The minimum absolute atomic E-state index is 0.0879. The van der Waals surface area contributed by atoms with E-state index in [0.29, 0.717) is 32.6 Å². The summed E-state index contributed by atoms with van der Waals surface area (Å²) >= 11 is 0. The number of nitrogens with zero attached hydrogens (tertiary/aromatic N) is 3. The molecule has 33 heavy (non-hydrogen) atoms. The maximum atomic E-state index is 13.3. The average molecular weight is 454 g/mol. The van der Waals surface area contributed by atoms with Gasteiger partial charge in [-0.1, -0.05) is 44.5 Å². The number of benzene rings is 2. The van der Waals surface area contributed by atoms with Crippen molar-refractivity contribution in [2.24, 2.45) is 0 Å². The number of unbranched alkanes of at least 4 members (excludes halogenated alkanes) is 1. The van der Waals surface area contributed by atoms with E-state index in [0.717, 1.165) is 50.0 Å². The van der Waals surface area contributed by atoms with Gasteiger partial charge in [0.1, 0.15) is 5.82 Å². The molecule has 1 heterocycles. The van der Waals surface area contributed by atoms with E-state index in [1.165, 1.54) is 17.7 Å². The van der Waals surface area contributed by atoms with Crippen molar-refractivity contribution in [2.45, 2.75) is 46.1 Å². The summed E-state index contributed by atoms with van der Waals surface area (Å²) in [6.07, 6.45) is 3.36. The largest absolute Gasteiger partial charge is 0.337 e. The number of hydrogen-bond donors (Lipinski definition) is 0. The molecule has 5 nitrogen and oxygen atoms in total. The Hall–Kier alpha value is -2.73. The van der Waals surface area contributed by atoms with Gasteiger partial charge in [-0.05, 0) is 48.2 Å². The van der Waals surface area contributed by atoms with E-state index < -0.39 is 0 Å². The second-order valence-corrected chi connectivity index (χ2v) is 8.73. The summed E-state index contributed by atoms with van der Waals surface area (Å²) in [7, 11) is 0. The summed E-state index contributed by atoms with van der Waals surface area (Å²) in [6.45, 7) is 9.06. The highest BCUT2D eigenvalue weighted by atomic mass is 19.1. The van der Waals surface area contributed by atoms with Gasteiger partial charge in [-0.2, -0.15) is 0 Å². The van der Waals surface area contributed by atoms with Crippen molar-refractivity contribution < 1.29 is 14.0 Å². The van der Waals surface area contributed by atoms with Gasteiger partial charge in [0, 0.05) is 57.8 Å². The van der Waals surface area contributed by atoms with Crippen molar-refractivity contribution in [3.8, 4) is 0 Å². The highest BCUT2D eigenvalue weighted by Gasteiger charge is 2.23. The van der Waals surface area contributed by atoms with Crippen LogP contribution >= 0.6 is 0 Å². The number of piperazine rings is 1. The summed E-state index contributed by atoms with van der Waals surface area (Å²) in [5, 5.41) is 0. The van der Waals surface area contributed by atoms with Gasteiger partial charge in [0.15, 0.2) is 0 Å². The van der Waals surface area contributed by atoms with Crippen LogP contribution in [0.15, 0.2) is 48.5 Å². The maximum Gasteiger partial charge on any atom is 0.253 e. The van der Waals surface area contributed by atoms with Gasteiger partial charge in [0.25, 0.3) is 5.91 Å². The molecule has 1 saturated heterocycles. The van der Waals surface area contributed by atoms with Crippen molar-refractivity contribution in [3.63, 3.8) is 0 Å². The smallest absolute Gasteiger partial charge is 0.253 e. The number of rotatable bonds is 10. The Balaban J connectivity index is 1.51. The lowest BCUT2D eigenvalue weighted by Crippen LogP contribution is -2.50. The van der Waals surface area contributed by atoms with Crippen LogP contribution in [-0.2, 0) is 17.8 Å². The Bertz CT molecular complexity index is 891. The normalized spacial score (nSPS) is 14.3. The molecule has 0 unspecified atom stereocenters. The fourth-order valence-electron chi connectivity index (χ4n) is 4.09. The third-order valence-electron chi connectivity index (χ3n) is 6.34. The Morgan fingerprint density at radius 3 is 2.15 bits per heavy atom. The fourth-order valence-corrected chi connectivity index (χ4v) is 4.09. The molecule has 0 atom stereocenters. The monoisotopic (exact) mass is 453 g/mol. The number of carbonyl (C=O) groups is 2. The first kappa shape index (κ1) is 24.9. The summed E-state index contributed by atoms with van der Waals surface area (Å²) in [5.74, 6) is -0.0353. The number of carbonyl (C=O) groups excluding carboxylic acids is 2. The molecule has 0 spiro atoms. The van der Waals surface area contributed by atoms with E-state index in [9.17, 15) is 14.0 Å². The third kappa shape index (κ3) is 7.39. The Morgan fingerprint density at radius 1 is 0.909 bits per heavy atom. The van der Waals surface area contributed by atoms with Crippen LogP contribution in [0.4, 0.5) is 4.39 Å². The van der Waals surface area contributed by atoms with E-state index in [2.05, 4.69) is 18.7 Å². The van der Waals surface area contributed by atoms with Gasteiger partial charge < -0.3 is 9.80 Å². The van der Waals surface area contributed by atoms with Gasteiger partial charge in [0.2, 0.25) is 5.91 Å². The van der Waals surface area contributed by atoms with Crippen molar-refractivity contribution in [1.29, 1.82) is 0 Å². The summed E-state index contributed by atoms with van der Waals surface area (Å²) in [6, 6.07) is 14.3. The number of amides is 2. The predicted molar refractivity (Wildman–Crippen MR) is 130 cm³/mol. The second kappa shape index (κ2) is 12.5. The quantitative estimate of drug-likeness (QED) is 0.537. The van der Waals surface area contributed by atoms with E-state index in [-0.39, 0.29) is 17.6 Å². The maximum absolute atomic E-state index is 13.3. The Kier molecular flexibility index (Phi) is 9.43. The molecule has 6 heteroatoms. The van der Waals surface area contributed by atoms with E-state index >= 15 is 0 Å². The number of halogens is 1. The number of aryl methyl sites for hydroxylation is 1. The van der Waals surface area contributed by atoms with E-state index in [1.54, 1.807) is 12.1 Å². The van der Waals surface area contributed by atoms with Crippen LogP contribution in [0.2, 0.25) is 0 Å². The standard InChI is InChI=1S/C27H36FN3O2/c1-3-5-6-26(32)31(21-23-9-13-25(28)14-10-23)20-17-29-15-18-30(19-16-29)27(33)24-11-7-22(4-2)8-12-24/h7-14H,3-6,15-21H2,1-2H3. The van der Waals surface area contributed by atoms with Crippen LogP contribution in [0.3, 0.4) is 0 Å². The van der Waals surface area contributed by atoms with Crippen molar-refractivity contribution >= 4 is 11.8 Å². The lowest BCUT2D eigenvalue weighted by molar-refractivity contribution is -0.132. The van der Waals surface area contributed by atoms with Crippen molar-refractivity contribution in [3.05, 3.63) is 71.0 Å². The lowest BCUT2D eigenvalue weighted by Gasteiger charge is -2.36. The molecule has 1 fully saturated rings. The first-order chi connectivity index (χ1) is 16.0. The minimum atomic E-state index is -0.267. The zero-order valence-electron chi connectivity index (χ0n) is 19.9. The van der Waals surface area contributed by atoms with Crippen LogP contribution < -0.4 is 0 Å². The molecular formula is C27H36FN3O2. The Labute approximate surface area is 197 Å². The van der Waals surface area contributed by atoms with Crippen molar-refractivity contribution in [2.75, 3.05) is 39.3 Å². The molecule has 0 radical (unpaired) electrons. The second-order valence-electron chi connectivity index (χ2n) is 8.73. The highest BCUT2D eigenvalue weighted by molar-refractivity contribution is 5.94. The molecule has 0 aliphatic carbocycles. The SMILES string of the molecule is CCCCC(=O)N(CCN1CCN(C(=O)c2ccc(CC)cc2)CC1)Cc1ccc(F)cc1. The van der Waals surface area contributed by atoms with Crippen LogP contribution in [0, 0.1) is 5.82 Å². The molecular weight excluding hydrogens is 417 g/mol. The molecule has 0 aromatic heterocycles. The molecule has 2 aromatic rings. The van der Waals surface area contributed by atoms with Gasteiger partial charge in [-0.3, -0.25) is 14.5 Å². The van der Waals surface area contributed by atoms with Gasteiger partial charge >= 0.3 is 0 Å². The summed E-state index contributed by atoms with van der Waals surface area (Å²) in [4.78, 5) is 31.7. The Morgan fingerprint density at radius 2 is 1.55 bits per heavy atom. The van der Waals surface area contributed by atoms with Gasteiger partial charge in [-0.15, -0.1) is 0 Å². The van der Waals surface area contributed by atoms with Crippen molar-refractivity contribution in [1.82, 2.24) is 14.7 Å². The third-order valence-corrected chi connectivity index (χ3v) is 6.34. The zero-order chi connectivity index (χ0) is 23.6. The molecule has 2 aromatic carbocycles. The van der Waals surface area contributed by atoms with Crippen LogP contribution in [0.1, 0.15) is 54.6 Å². The van der Waals surface area contributed by atoms with E-state index in [4.69, 9.17) is 0 Å². The molecule has 178 valence electrons. The summed E-state index contributed by atoms with van der Waals surface area (Å²) in [5.41, 5.74) is 2.91. The first-order valence-corrected chi connectivity index (χ1v) is 12.1. The first-order valence-electron chi connectivity index (χ1n) is 12.1. The lowest BCUT2D eigenvalue weighted by atomic mass is 10.1. The molecule has 0 N–H and O–H groups in total. The molecule has 1 aliphatic rings. The van der Waals surface area contributed by atoms with E-state index in [1.807, 2.05) is 34.1 Å². The molecule has 0 saturated carbocycles. The fraction of sp³-hybridized carbons (Fsp3) is 0.481. The molecule has 1 aliphatic heterocycles. The molecule has 3 rings (SSSR count). The molecule has 0 bridgehead atoms. The van der Waals surface area contributed by atoms with Gasteiger partial charge in [0.05, 0.1) is 0 Å². The van der Waals surface area contributed by atoms with Crippen LogP contribution in [-0.4, -0.2) is 65.8 Å². The highest BCUT2D eigenvalue weighted by Crippen LogP contribution is 2.13. The van der Waals surface area contributed by atoms with Crippen LogP contribution in [0.25, 0.3) is 0 Å². The topological polar surface area (TPSA) is 43.9 Å². The van der Waals surface area contributed by atoms with Gasteiger partial charge in [-0.25, -0.2) is 4.39 Å². The summed E-state index contributed by atoms with van der Waals surface area (Å²) < 4.78 is 13.3. The average Bonchev–Trinajstić information content (AvgIpc) is 2.86. The number of hydrogen-bond acceptors (Lipinski definition) is 3. The van der Waals surface area contributed by atoms with Crippen LogP contribution in [0.5, 0.6) is 0 Å². The zero-order valence-corrected chi connectivity index (χ0v) is 19.9. The minimum Gasteiger partial charge on any atom is -0.337 e.